The molecule has 6 nitrogen and oxygen atoms in total. The molecule has 1 saturated heterocycles. The second-order valence-corrected chi connectivity index (χ2v) is 7.58. The average molecular weight is 347 g/mol. The third-order valence-electron chi connectivity index (χ3n) is 4.18. The molecule has 25 heavy (non-hydrogen) atoms. The van der Waals surface area contributed by atoms with Gasteiger partial charge in [-0.2, -0.15) is 0 Å². The summed E-state index contributed by atoms with van der Waals surface area (Å²) in [6.45, 7) is 9.76. The van der Waals surface area contributed by atoms with Crippen LogP contribution in [0.4, 0.5) is 0 Å². The summed E-state index contributed by atoms with van der Waals surface area (Å²) in [5.41, 5.74) is 1.86. The second-order valence-electron chi connectivity index (χ2n) is 7.58. The maximum absolute atomic E-state index is 12.3. The third-order valence-corrected chi connectivity index (χ3v) is 4.18. The first-order chi connectivity index (χ1) is 11.7. The maximum Gasteiger partial charge on any atom is 0.237 e. The van der Waals surface area contributed by atoms with Gasteiger partial charge in [0.05, 0.1) is 19.6 Å². The summed E-state index contributed by atoms with van der Waals surface area (Å²) >= 11 is 0. The largest absolute Gasteiger partial charge is 0.496 e. The summed E-state index contributed by atoms with van der Waals surface area (Å²) in [5.74, 6) is 0.659. The van der Waals surface area contributed by atoms with Crippen LogP contribution in [0.15, 0.2) is 18.2 Å². The van der Waals surface area contributed by atoms with Crippen LogP contribution in [0.3, 0.4) is 0 Å². The van der Waals surface area contributed by atoms with Gasteiger partial charge >= 0.3 is 0 Å². The molecule has 0 aliphatic carbocycles. The number of nitrogens with zero attached hydrogens (tertiary/aromatic N) is 1. The predicted molar refractivity (Wildman–Crippen MR) is 97.5 cm³/mol. The Hall–Kier alpha value is -2.08. The highest BCUT2D eigenvalue weighted by Gasteiger charge is 2.32. The number of hydrogen-bond acceptors (Lipinski definition) is 4. The minimum Gasteiger partial charge on any atom is -0.496 e. The van der Waals surface area contributed by atoms with Crippen LogP contribution in [0, 0.1) is 6.92 Å². The Morgan fingerprint density at radius 2 is 2.12 bits per heavy atom. The van der Waals surface area contributed by atoms with E-state index in [0.717, 1.165) is 23.4 Å². The van der Waals surface area contributed by atoms with E-state index in [0.29, 0.717) is 13.1 Å². The van der Waals surface area contributed by atoms with E-state index in [-0.39, 0.29) is 23.8 Å². The lowest BCUT2D eigenvalue weighted by molar-refractivity contribution is -0.134. The zero-order valence-corrected chi connectivity index (χ0v) is 15.8. The van der Waals surface area contributed by atoms with E-state index in [1.807, 2.05) is 39.8 Å². The van der Waals surface area contributed by atoms with Crippen molar-refractivity contribution in [1.82, 2.24) is 15.5 Å². The van der Waals surface area contributed by atoms with Gasteiger partial charge in [-0.25, -0.2) is 0 Å². The lowest BCUT2D eigenvalue weighted by atomic mass is 10.0. The van der Waals surface area contributed by atoms with Crippen molar-refractivity contribution in [1.29, 1.82) is 0 Å². The molecule has 0 saturated carbocycles. The molecule has 1 aliphatic rings. The molecule has 0 unspecified atom stereocenters. The van der Waals surface area contributed by atoms with Crippen molar-refractivity contribution in [3.05, 3.63) is 29.3 Å². The van der Waals surface area contributed by atoms with Crippen molar-refractivity contribution in [2.45, 2.75) is 52.2 Å². The van der Waals surface area contributed by atoms with Gasteiger partial charge in [0.2, 0.25) is 11.8 Å². The number of rotatable bonds is 5. The molecule has 1 aliphatic heterocycles. The molecule has 2 rings (SSSR count). The SMILES string of the molecule is COc1ccc(CN2CCNC(=O)[C@H]2CC(=O)NC(C)(C)C)cc1C. The van der Waals surface area contributed by atoms with E-state index in [1.165, 1.54) is 0 Å². The molecule has 2 amide bonds. The fraction of sp³-hybridized carbons (Fsp3) is 0.579. The molecule has 1 aromatic carbocycles. The van der Waals surface area contributed by atoms with Crippen molar-refractivity contribution < 1.29 is 14.3 Å². The summed E-state index contributed by atoms with van der Waals surface area (Å²) in [5, 5.41) is 5.80. The highest BCUT2D eigenvalue weighted by Crippen LogP contribution is 2.21. The predicted octanol–water partition coefficient (Wildman–Crippen LogP) is 1.61. The van der Waals surface area contributed by atoms with Gasteiger partial charge in [0.25, 0.3) is 0 Å². The highest BCUT2D eigenvalue weighted by atomic mass is 16.5. The van der Waals surface area contributed by atoms with Crippen molar-refractivity contribution in [3.63, 3.8) is 0 Å². The molecule has 1 fully saturated rings. The summed E-state index contributed by atoms with van der Waals surface area (Å²) in [7, 11) is 1.65. The molecule has 0 spiro atoms. The molecule has 0 bridgehead atoms. The monoisotopic (exact) mass is 347 g/mol. The van der Waals surface area contributed by atoms with Crippen LogP contribution >= 0.6 is 0 Å². The summed E-state index contributed by atoms with van der Waals surface area (Å²) < 4.78 is 5.30. The van der Waals surface area contributed by atoms with Gasteiger partial charge in [-0.3, -0.25) is 14.5 Å². The number of benzene rings is 1. The lowest BCUT2D eigenvalue weighted by Crippen LogP contribution is -2.56. The number of carbonyl (C=O) groups excluding carboxylic acids is 2. The van der Waals surface area contributed by atoms with Gasteiger partial charge in [0.15, 0.2) is 0 Å². The molecule has 1 heterocycles. The van der Waals surface area contributed by atoms with Gasteiger partial charge in [-0.05, 0) is 44.9 Å². The first-order valence-corrected chi connectivity index (χ1v) is 8.66. The molecule has 1 aromatic rings. The van der Waals surface area contributed by atoms with E-state index >= 15 is 0 Å². The highest BCUT2D eigenvalue weighted by molar-refractivity contribution is 5.89. The molecule has 0 radical (unpaired) electrons. The minimum absolute atomic E-state index is 0.0828. The van der Waals surface area contributed by atoms with Crippen LogP contribution in [0.2, 0.25) is 0 Å². The van der Waals surface area contributed by atoms with Crippen LogP contribution in [0.1, 0.15) is 38.3 Å². The second kappa shape index (κ2) is 7.87. The number of methoxy groups -OCH3 is 1. The van der Waals surface area contributed by atoms with Crippen molar-refractivity contribution in [3.8, 4) is 5.75 Å². The Morgan fingerprint density at radius 1 is 1.40 bits per heavy atom. The van der Waals surface area contributed by atoms with Gasteiger partial charge in [-0.15, -0.1) is 0 Å². The summed E-state index contributed by atoms with van der Waals surface area (Å²) in [6.07, 6.45) is 0.165. The lowest BCUT2D eigenvalue weighted by Gasteiger charge is -2.35. The quantitative estimate of drug-likeness (QED) is 0.849. The molecule has 0 aromatic heterocycles. The van der Waals surface area contributed by atoms with Gasteiger partial charge in [-0.1, -0.05) is 12.1 Å². The molecule has 1 atom stereocenters. The first kappa shape index (κ1) is 19.2. The Morgan fingerprint density at radius 3 is 2.72 bits per heavy atom. The maximum atomic E-state index is 12.3. The zero-order valence-electron chi connectivity index (χ0n) is 15.8. The summed E-state index contributed by atoms with van der Waals surface area (Å²) in [6, 6.07) is 5.57. The van der Waals surface area contributed by atoms with Gasteiger partial charge in [0, 0.05) is 25.2 Å². The molecule has 138 valence electrons. The molecule has 2 N–H and O–H groups in total. The van der Waals surface area contributed by atoms with Crippen LogP contribution in [0.5, 0.6) is 5.75 Å². The van der Waals surface area contributed by atoms with Crippen LogP contribution in [0.25, 0.3) is 0 Å². The van der Waals surface area contributed by atoms with E-state index in [2.05, 4.69) is 21.6 Å². The van der Waals surface area contributed by atoms with Crippen molar-refractivity contribution in [2.24, 2.45) is 0 Å². The van der Waals surface area contributed by atoms with E-state index in [9.17, 15) is 9.59 Å². The van der Waals surface area contributed by atoms with E-state index in [4.69, 9.17) is 4.74 Å². The number of hydrogen-bond donors (Lipinski definition) is 2. The molecular weight excluding hydrogens is 318 g/mol. The molecule has 6 heteroatoms. The minimum atomic E-state index is -0.446. The fourth-order valence-corrected chi connectivity index (χ4v) is 3.09. The van der Waals surface area contributed by atoms with Crippen LogP contribution in [-0.2, 0) is 16.1 Å². The average Bonchev–Trinajstić information content (AvgIpc) is 2.49. The number of amides is 2. The first-order valence-electron chi connectivity index (χ1n) is 8.66. The fourth-order valence-electron chi connectivity index (χ4n) is 3.09. The van der Waals surface area contributed by atoms with Crippen LogP contribution in [-0.4, -0.2) is 48.5 Å². The van der Waals surface area contributed by atoms with E-state index in [1.54, 1.807) is 7.11 Å². The number of aryl methyl sites for hydroxylation is 1. The van der Waals surface area contributed by atoms with Crippen molar-refractivity contribution in [2.75, 3.05) is 20.2 Å². The molecular formula is C19H29N3O3. The Bertz CT molecular complexity index is 637. The summed E-state index contributed by atoms with van der Waals surface area (Å²) in [4.78, 5) is 26.7. The Kier molecular flexibility index (Phi) is 6.06. The Balaban J connectivity index is 2.09. The number of carbonyl (C=O) groups is 2. The number of nitrogens with one attached hydrogen (secondary N) is 2. The van der Waals surface area contributed by atoms with Gasteiger partial charge in [0.1, 0.15) is 5.75 Å². The van der Waals surface area contributed by atoms with E-state index < -0.39 is 6.04 Å². The topological polar surface area (TPSA) is 70.7 Å². The number of piperazine rings is 1. The zero-order chi connectivity index (χ0) is 18.6. The number of ether oxygens (including phenoxy) is 1. The Labute approximate surface area is 149 Å². The smallest absolute Gasteiger partial charge is 0.237 e. The normalized spacial score (nSPS) is 18.6. The van der Waals surface area contributed by atoms with Crippen molar-refractivity contribution >= 4 is 11.8 Å². The third kappa shape index (κ3) is 5.46. The van der Waals surface area contributed by atoms with Crippen LogP contribution < -0.4 is 15.4 Å². The van der Waals surface area contributed by atoms with Gasteiger partial charge < -0.3 is 15.4 Å². The standard InChI is InChI=1S/C19H29N3O3/c1-13-10-14(6-7-16(13)25-5)12-22-9-8-20-18(24)15(22)11-17(23)21-19(2,3)4/h6-7,10,15H,8-9,11-12H2,1-5H3,(H,20,24)(H,21,23)/t15-/m1/s1.